The van der Waals surface area contributed by atoms with Gasteiger partial charge in [0, 0.05) is 5.56 Å². The Morgan fingerprint density at radius 1 is 1.05 bits per heavy atom. The van der Waals surface area contributed by atoms with Crippen LogP contribution in [-0.4, -0.2) is 9.97 Å². The Morgan fingerprint density at radius 2 is 1.67 bits per heavy atom. The highest BCUT2D eigenvalue weighted by molar-refractivity contribution is 9.10. The number of halogens is 1. The molecule has 112 valence electrons. The highest BCUT2D eigenvalue weighted by atomic mass is 79.9. The SMILES string of the molecule is CC(C)Cc1nc(-c2ccc(C(C)C)cc2)nc(N)c1Br. The van der Waals surface area contributed by atoms with Gasteiger partial charge >= 0.3 is 0 Å². The van der Waals surface area contributed by atoms with Crippen LogP contribution in [0.25, 0.3) is 11.4 Å². The lowest BCUT2D eigenvalue weighted by Gasteiger charge is -2.11. The number of rotatable bonds is 4. The summed E-state index contributed by atoms with van der Waals surface area (Å²) in [5.74, 6) is 2.24. The van der Waals surface area contributed by atoms with Crippen molar-refractivity contribution >= 4 is 21.7 Å². The lowest BCUT2D eigenvalue weighted by atomic mass is 10.0. The van der Waals surface area contributed by atoms with Crippen molar-refractivity contribution < 1.29 is 0 Å². The number of hydrogen-bond donors (Lipinski definition) is 1. The van der Waals surface area contributed by atoms with E-state index in [9.17, 15) is 0 Å². The summed E-state index contributed by atoms with van der Waals surface area (Å²) >= 11 is 3.50. The summed E-state index contributed by atoms with van der Waals surface area (Å²) in [4.78, 5) is 9.09. The van der Waals surface area contributed by atoms with Gasteiger partial charge in [0.15, 0.2) is 5.82 Å². The summed E-state index contributed by atoms with van der Waals surface area (Å²) in [5.41, 5.74) is 9.30. The summed E-state index contributed by atoms with van der Waals surface area (Å²) in [7, 11) is 0. The lowest BCUT2D eigenvalue weighted by Crippen LogP contribution is -2.05. The van der Waals surface area contributed by atoms with E-state index in [4.69, 9.17) is 5.73 Å². The van der Waals surface area contributed by atoms with Gasteiger partial charge in [-0.2, -0.15) is 0 Å². The molecule has 1 aromatic heterocycles. The Morgan fingerprint density at radius 3 is 2.19 bits per heavy atom. The van der Waals surface area contributed by atoms with Gasteiger partial charge < -0.3 is 5.73 Å². The Balaban J connectivity index is 2.41. The first kappa shape index (κ1) is 16.0. The zero-order valence-electron chi connectivity index (χ0n) is 13.0. The first-order valence-electron chi connectivity index (χ1n) is 7.30. The van der Waals surface area contributed by atoms with Crippen LogP contribution in [0.1, 0.15) is 44.9 Å². The molecule has 21 heavy (non-hydrogen) atoms. The van der Waals surface area contributed by atoms with Crippen LogP contribution in [-0.2, 0) is 6.42 Å². The number of aromatic nitrogens is 2. The van der Waals surface area contributed by atoms with E-state index < -0.39 is 0 Å². The molecule has 0 unspecified atom stereocenters. The summed E-state index contributed by atoms with van der Waals surface area (Å²) in [5, 5.41) is 0. The Hall–Kier alpha value is -1.42. The molecular weight excluding hydrogens is 326 g/mol. The lowest BCUT2D eigenvalue weighted by molar-refractivity contribution is 0.633. The van der Waals surface area contributed by atoms with E-state index in [1.807, 2.05) is 0 Å². The second-order valence-corrected chi connectivity index (χ2v) is 6.86. The molecular formula is C17H22BrN3. The van der Waals surface area contributed by atoms with E-state index in [-0.39, 0.29) is 0 Å². The molecule has 0 radical (unpaired) electrons. The quantitative estimate of drug-likeness (QED) is 0.863. The maximum atomic E-state index is 6.01. The van der Waals surface area contributed by atoms with E-state index >= 15 is 0 Å². The molecule has 4 heteroatoms. The summed E-state index contributed by atoms with van der Waals surface area (Å²) in [6.07, 6.45) is 0.879. The van der Waals surface area contributed by atoms with E-state index in [2.05, 4.69) is 77.9 Å². The second kappa shape index (κ2) is 6.56. The molecule has 2 aromatic rings. The van der Waals surface area contributed by atoms with Crippen molar-refractivity contribution in [2.45, 2.75) is 40.0 Å². The number of anilines is 1. The minimum atomic E-state index is 0.503. The zero-order valence-corrected chi connectivity index (χ0v) is 14.6. The van der Waals surface area contributed by atoms with Crippen molar-refractivity contribution in [3.05, 3.63) is 40.0 Å². The molecule has 1 aromatic carbocycles. The van der Waals surface area contributed by atoms with E-state index in [1.165, 1.54) is 5.56 Å². The van der Waals surface area contributed by atoms with Gasteiger partial charge in [-0.05, 0) is 39.8 Å². The number of nitrogens with two attached hydrogens (primary N) is 1. The topological polar surface area (TPSA) is 51.8 Å². The molecule has 0 saturated heterocycles. The molecule has 0 bridgehead atoms. The van der Waals surface area contributed by atoms with Gasteiger partial charge in [-0.25, -0.2) is 9.97 Å². The van der Waals surface area contributed by atoms with Crippen LogP contribution in [0, 0.1) is 5.92 Å². The molecule has 2 N–H and O–H groups in total. The molecule has 0 aliphatic carbocycles. The molecule has 0 fully saturated rings. The average molecular weight is 348 g/mol. The van der Waals surface area contributed by atoms with Crippen LogP contribution in [0.5, 0.6) is 0 Å². The van der Waals surface area contributed by atoms with Crippen molar-refractivity contribution in [1.82, 2.24) is 9.97 Å². The molecule has 0 aliphatic heterocycles. The molecule has 0 amide bonds. The van der Waals surface area contributed by atoms with Crippen molar-refractivity contribution in [3.8, 4) is 11.4 Å². The summed E-state index contributed by atoms with van der Waals surface area (Å²) < 4.78 is 0.818. The third-order valence-electron chi connectivity index (χ3n) is 3.38. The van der Waals surface area contributed by atoms with Crippen molar-refractivity contribution in [2.75, 3.05) is 5.73 Å². The minimum Gasteiger partial charge on any atom is -0.383 e. The van der Waals surface area contributed by atoms with Gasteiger partial charge in [-0.15, -0.1) is 0 Å². The maximum Gasteiger partial charge on any atom is 0.161 e. The first-order valence-corrected chi connectivity index (χ1v) is 8.10. The Labute approximate surface area is 135 Å². The largest absolute Gasteiger partial charge is 0.383 e. The fourth-order valence-corrected chi connectivity index (χ4v) is 2.52. The van der Waals surface area contributed by atoms with Gasteiger partial charge in [-0.1, -0.05) is 52.0 Å². The highest BCUT2D eigenvalue weighted by Crippen LogP contribution is 2.27. The molecule has 2 rings (SSSR count). The van der Waals surface area contributed by atoms with E-state index in [0.717, 1.165) is 22.2 Å². The van der Waals surface area contributed by atoms with Crippen molar-refractivity contribution in [3.63, 3.8) is 0 Å². The fraction of sp³-hybridized carbons (Fsp3) is 0.412. The van der Waals surface area contributed by atoms with Crippen LogP contribution in [0.2, 0.25) is 0 Å². The molecule has 0 aliphatic rings. The number of benzene rings is 1. The predicted molar refractivity (Wildman–Crippen MR) is 92.2 cm³/mol. The van der Waals surface area contributed by atoms with Crippen LogP contribution >= 0.6 is 15.9 Å². The number of nitrogen functional groups attached to an aromatic ring is 1. The smallest absolute Gasteiger partial charge is 0.161 e. The third kappa shape index (κ3) is 3.82. The van der Waals surface area contributed by atoms with Crippen LogP contribution in [0.4, 0.5) is 5.82 Å². The normalized spacial score (nSPS) is 11.4. The Kier molecular flexibility index (Phi) is 4.99. The maximum absolute atomic E-state index is 6.01. The van der Waals surface area contributed by atoms with E-state index in [0.29, 0.717) is 23.5 Å². The van der Waals surface area contributed by atoms with Gasteiger partial charge in [0.2, 0.25) is 0 Å². The molecule has 3 nitrogen and oxygen atoms in total. The van der Waals surface area contributed by atoms with Crippen LogP contribution < -0.4 is 5.73 Å². The van der Waals surface area contributed by atoms with Crippen LogP contribution in [0.3, 0.4) is 0 Å². The Bertz CT molecular complexity index is 619. The van der Waals surface area contributed by atoms with Gasteiger partial charge in [0.1, 0.15) is 5.82 Å². The van der Waals surface area contributed by atoms with Gasteiger partial charge in [-0.3, -0.25) is 0 Å². The minimum absolute atomic E-state index is 0.503. The van der Waals surface area contributed by atoms with E-state index in [1.54, 1.807) is 0 Å². The molecule has 0 atom stereocenters. The standard InChI is InChI=1S/C17H22BrN3/c1-10(2)9-14-15(18)16(19)21-17(20-14)13-7-5-12(6-8-13)11(3)4/h5-8,10-11H,9H2,1-4H3,(H2,19,20,21). The zero-order chi connectivity index (χ0) is 15.6. The first-order chi connectivity index (χ1) is 9.88. The van der Waals surface area contributed by atoms with Gasteiger partial charge in [0.05, 0.1) is 10.2 Å². The highest BCUT2D eigenvalue weighted by Gasteiger charge is 2.13. The number of nitrogens with zero attached hydrogens (tertiary/aromatic N) is 2. The summed E-state index contributed by atoms with van der Waals surface area (Å²) in [6, 6.07) is 8.39. The average Bonchev–Trinajstić information content (AvgIpc) is 2.43. The number of hydrogen-bond acceptors (Lipinski definition) is 3. The molecule has 1 heterocycles. The monoisotopic (exact) mass is 347 g/mol. The van der Waals surface area contributed by atoms with Crippen LogP contribution in [0.15, 0.2) is 28.7 Å². The third-order valence-corrected chi connectivity index (χ3v) is 4.25. The molecule has 0 saturated carbocycles. The predicted octanol–water partition coefficient (Wildman–Crippen LogP) is 4.81. The van der Waals surface area contributed by atoms with Crippen molar-refractivity contribution in [1.29, 1.82) is 0 Å². The molecule has 0 spiro atoms. The van der Waals surface area contributed by atoms with Gasteiger partial charge in [0.25, 0.3) is 0 Å². The fourth-order valence-electron chi connectivity index (χ4n) is 2.18. The van der Waals surface area contributed by atoms with Crippen molar-refractivity contribution in [2.24, 2.45) is 5.92 Å². The summed E-state index contributed by atoms with van der Waals surface area (Å²) in [6.45, 7) is 8.71. The second-order valence-electron chi connectivity index (χ2n) is 6.07.